The van der Waals surface area contributed by atoms with Gasteiger partial charge in [-0.25, -0.2) is 0 Å². The third-order valence-electron chi connectivity index (χ3n) is 4.14. The lowest BCUT2D eigenvalue weighted by Crippen LogP contribution is -2.48. The fourth-order valence-electron chi connectivity index (χ4n) is 2.99. The zero-order chi connectivity index (χ0) is 18.2. The van der Waals surface area contributed by atoms with Crippen LogP contribution < -0.4 is 5.32 Å². The Hall–Kier alpha value is -2.22. The van der Waals surface area contributed by atoms with Crippen molar-refractivity contribution < 1.29 is 22.8 Å². The molecule has 2 N–H and O–H groups in total. The third kappa shape index (κ3) is 3.58. The zero-order valence-corrected chi connectivity index (χ0v) is 13.7. The Morgan fingerprint density at radius 2 is 2.04 bits per heavy atom. The fraction of sp³-hybridized carbons (Fsp3) is 0.375. The van der Waals surface area contributed by atoms with Crippen LogP contribution >= 0.6 is 11.6 Å². The maximum absolute atomic E-state index is 12.8. The summed E-state index contributed by atoms with van der Waals surface area (Å²) in [5.74, 6) is -1.30. The molecule has 9 heteroatoms. The molecule has 2 amide bonds. The van der Waals surface area contributed by atoms with Crippen LogP contribution in [0.15, 0.2) is 24.3 Å². The highest BCUT2D eigenvalue weighted by Crippen LogP contribution is 2.30. The number of nitrogens with zero attached hydrogens (tertiary/aromatic N) is 1. The Bertz CT molecular complexity index is 819. The van der Waals surface area contributed by atoms with Crippen molar-refractivity contribution in [2.24, 2.45) is 0 Å². The highest BCUT2D eigenvalue weighted by Gasteiger charge is 2.37. The van der Waals surface area contributed by atoms with Gasteiger partial charge in [-0.15, -0.1) is 0 Å². The second-order valence-electron chi connectivity index (χ2n) is 5.85. The molecule has 0 spiro atoms. The summed E-state index contributed by atoms with van der Waals surface area (Å²) in [6.45, 7) is -1.13. The molecule has 0 bridgehead atoms. The highest BCUT2D eigenvalue weighted by molar-refractivity contribution is 6.38. The number of aromatic amines is 1. The number of fused-ring (bicyclic) bond motifs is 1. The van der Waals surface area contributed by atoms with E-state index in [2.05, 4.69) is 4.98 Å². The monoisotopic (exact) mass is 373 g/mol. The molecule has 25 heavy (non-hydrogen) atoms. The third-order valence-corrected chi connectivity index (χ3v) is 4.53. The topological polar surface area (TPSA) is 65.2 Å². The predicted molar refractivity (Wildman–Crippen MR) is 86.4 cm³/mol. The van der Waals surface area contributed by atoms with E-state index in [4.69, 9.17) is 11.6 Å². The first-order chi connectivity index (χ1) is 11.8. The van der Waals surface area contributed by atoms with Gasteiger partial charge in [0.2, 0.25) is 5.91 Å². The number of halogens is 4. The zero-order valence-electron chi connectivity index (χ0n) is 13.0. The van der Waals surface area contributed by atoms with Crippen molar-refractivity contribution in [1.29, 1.82) is 0 Å². The van der Waals surface area contributed by atoms with Crippen LogP contribution in [0.2, 0.25) is 5.02 Å². The molecule has 0 unspecified atom stereocenters. The summed E-state index contributed by atoms with van der Waals surface area (Å²) >= 11 is 6.25. The average Bonchev–Trinajstić information content (AvgIpc) is 3.17. The van der Waals surface area contributed by atoms with Gasteiger partial charge in [-0.3, -0.25) is 9.59 Å². The van der Waals surface area contributed by atoms with E-state index in [9.17, 15) is 22.8 Å². The molecule has 1 saturated heterocycles. The van der Waals surface area contributed by atoms with E-state index in [0.29, 0.717) is 23.7 Å². The van der Waals surface area contributed by atoms with Gasteiger partial charge in [-0.2, -0.15) is 13.2 Å². The molecule has 5 nitrogen and oxygen atoms in total. The smallest absolute Gasteiger partial charge is 0.349 e. The number of carbonyl (C=O) groups is 2. The minimum absolute atomic E-state index is 0.137. The van der Waals surface area contributed by atoms with Crippen LogP contribution in [0.5, 0.6) is 0 Å². The number of rotatable bonds is 3. The summed E-state index contributed by atoms with van der Waals surface area (Å²) in [4.78, 5) is 29.0. The number of benzene rings is 1. The summed E-state index contributed by atoms with van der Waals surface area (Å²) in [5, 5.41) is 2.75. The second kappa shape index (κ2) is 6.59. The standard InChI is InChI=1S/C16H15ClF3N3O2/c17-12-9-4-1-2-5-10(9)22-13(12)15(25)23-7-3-6-11(23)14(24)21-8-16(18,19)20/h1-2,4-5,11,22H,3,6-8H2,(H,21,24)/t11-/m1/s1. The van der Waals surface area contributed by atoms with Crippen molar-refractivity contribution in [2.45, 2.75) is 25.1 Å². The molecule has 1 atom stereocenters. The molecule has 1 fully saturated rings. The molecule has 0 saturated carbocycles. The van der Waals surface area contributed by atoms with Crippen molar-refractivity contribution in [3.8, 4) is 0 Å². The molecule has 0 aliphatic carbocycles. The number of likely N-dealkylation sites (tertiary alicyclic amines) is 1. The Balaban J connectivity index is 1.80. The lowest BCUT2D eigenvalue weighted by atomic mass is 10.2. The average molecular weight is 374 g/mol. The number of H-pyrrole nitrogens is 1. The molecule has 2 aromatic rings. The molecule has 1 aliphatic heterocycles. The summed E-state index contributed by atoms with van der Waals surface area (Å²) in [6, 6.07) is 6.14. The minimum Gasteiger partial charge on any atom is -0.349 e. The van der Waals surface area contributed by atoms with E-state index in [1.807, 2.05) is 5.32 Å². The van der Waals surface area contributed by atoms with Crippen molar-refractivity contribution in [3.63, 3.8) is 0 Å². The Labute approximate surface area is 146 Å². The summed E-state index contributed by atoms with van der Waals surface area (Å²) in [7, 11) is 0. The molecular formula is C16H15ClF3N3O2. The minimum atomic E-state index is -4.50. The van der Waals surface area contributed by atoms with Crippen molar-refractivity contribution in [3.05, 3.63) is 35.0 Å². The fourth-order valence-corrected chi connectivity index (χ4v) is 3.28. The van der Waals surface area contributed by atoms with Crippen LogP contribution in [0.4, 0.5) is 13.2 Å². The SMILES string of the molecule is O=C(NCC(F)(F)F)[C@H]1CCCN1C(=O)c1[nH]c2ccccc2c1Cl. The van der Waals surface area contributed by atoms with Gasteiger partial charge in [0.25, 0.3) is 5.91 Å². The number of nitrogens with one attached hydrogen (secondary N) is 2. The summed E-state index contributed by atoms with van der Waals surface area (Å²) < 4.78 is 36.8. The molecular weight excluding hydrogens is 359 g/mol. The number of aromatic nitrogens is 1. The molecule has 1 aliphatic rings. The van der Waals surface area contributed by atoms with Gasteiger partial charge in [0, 0.05) is 17.4 Å². The lowest BCUT2D eigenvalue weighted by molar-refractivity contribution is -0.140. The van der Waals surface area contributed by atoms with Crippen molar-refractivity contribution in [1.82, 2.24) is 15.2 Å². The summed E-state index contributed by atoms with van der Waals surface area (Å²) in [5.41, 5.74) is 0.812. The number of carbonyl (C=O) groups excluding carboxylic acids is 2. The van der Waals surface area contributed by atoms with Gasteiger partial charge >= 0.3 is 6.18 Å². The number of hydrogen-bond donors (Lipinski definition) is 2. The van der Waals surface area contributed by atoms with E-state index in [0.717, 1.165) is 0 Å². The van der Waals surface area contributed by atoms with Crippen LogP contribution in [-0.4, -0.2) is 47.0 Å². The van der Waals surface area contributed by atoms with E-state index in [1.165, 1.54) is 4.90 Å². The molecule has 1 aromatic carbocycles. The van der Waals surface area contributed by atoms with Crippen LogP contribution in [0.3, 0.4) is 0 Å². The molecule has 2 heterocycles. The van der Waals surface area contributed by atoms with E-state index < -0.39 is 30.6 Å². The Morgan fingerprint density at radius 1 is 1.32 bits per heavy atom. The number of para-hydroxylation sites is 1. The predicted octanol–water partition coefficient (Wildman–Crippen LogP) is 3.10. The maximum Gasteiger partial charge on any atom is 0.405 e. The van der Waals surface area contributed by atoms with Gasteiger partial charge in [0.05, 0.1) is 5.02 Å². The summed E-state index contributed by atoms with van der Waals surface area (Å²) in [6.07, 6.45) is -3.65. The van der Waals surface area contributed by atoms with E-state index in [-0.39, 0.29) is 17.3 Å². The molecule has 3 rings (SSSR count). The van der Waals surface area contributed by atoms with Crippen molar-refractivity contribution >= 4 is 34.3 Å². The van der Waals surface area contributed by atoms with Crippen molar-refractivity contribution in [2.75, 3.05) is 13.1 Å². The molecule has 0 radical (unpaired) electrons. The number of amides is 2. The highest BCUT2D eigenvalue weighted by atomic mass is 35.5. The van der Waals surface area contributed by atoms with Crippen LogP contribution in [0, 0.1) is 0 Å². The van der Waals surface area contributed by atoms with E-state index >= 15 is 0 Å². The quantitative estimate of drug-likeness (QED) is 0.868. The molecule has 1 aromatic heterocycles. The van der Waals surface area contributed by atoms with Crippen LogP contribution in [0.1, 0.15) is 23.3 Å². The van der Waals surface area contributed by atoms with E-state index in [1.54, 1.807) is 24.3 Å². The largest absolute Gasteiger partial charge is 0.405 e. The maximum atomic E-state index is 12.8. The Kier molecular flexibility index (Phi) is 4.64. The first-order valence-corrected chi connectivity index (χ1v) is 8.07. The number of hydrogen-bond acceptors (Lipinski definition) is 2. The van der Waals surface area contributed by atoms with Gasteiger partial charge < -0.3 is 15.2 Å². The normalized spacial score (nSPS) is 17.9. The van der Waals surface area contributed by atoms with Crippen LogP contribution in [-0.2, 0) is 4.79 Å². The van der Waals surface area contributed by atoms with Crippen LogP contribution in [0.25, 0.3) is 10.9 Å². The lowest BCUT2D eigenvalue weighted by Gasteiger charge is -2.24. The first-order valence-electron chi connectivity index (χ1n) is 7.69. The first kappa shape index (κ1) is 17.6. The molecule has 134 valence electrons. The Morgan fingerprint density at radius 3 is 2.72 bits per heavy atom. The van der Waals surface area contributed by atoms with Gasteiger partial charge in [0.1, 0.15) is 18.3 Å². The second-order valence-corrected chi connectivity index (χ2v) is 6.23. The number of alkyl halides is 3. The van der Waals surface area contributed by atoms with Gasteiger partial charge in [-0.05, 0) is 18.9 Å². The van der Waals surface area contributed by atoms with Gasteiger partial charge in [-0.1, -0.05) is 29.8 Å². The van der Waals surface area contributed by atoms with Gasteiger partial charge in [0.15, 0.2) is 0 Å².